The second kappa shape index (κ2) is 6.23. The average Bonchev–Trinajstić information content (AvgIpc) is 2.48. The number of hydrogen-bond acceptors (Lipinski definition) is 2. The standard InChI is InChI=1S/C17H21BrN2/c1-20(16-10-3-2-9-15(16)18)12-14-7-4-6-13-8-5-11-19-17(13)14/h4-8,11,15-16H,2-3,9-10,12H2,1H3. The Labute approximate surface area is 129 Å². The largest absolute Gasteiger partial charge is 0.298 e. The third-order valence-corrected chi connectivity index (χ3v) is 5.42. The van der Waals surface area contributed by atoms with Gasteiger partial charge in [-0.25, -0.2) is 0 Å². The SMILES string of the molecule is CN(Cc1cccc2cccnc12)C1CCCCC1Br. The second-order valence-electron chi connectivity index (χ2n) is 5.78. The summed E-state index contributed by atoms with van der Waals surface area (Å²) in [5.74, 6) is 0. The molecule has 2 unspecified atom stereocenters. The fourth-order valence-electron chi connectivity index (χ4n) is 3.24. The molecular weight excluding hydrogens is 312 g/mol. The number of fused-ring (bicyclic) bond motifs is 1. The lowest BCUT2D eigenvalue weighted by molar-refractivity contribution is 0.193. The minimum absolute atomic E-state index is 0.629. The summed E-state index contributed by atoms with van der Waals surface area (Å²) in [5, 5.41) is 1.23. The Morgan fingerprint density at radius 2 is 2.00 bits per heavy atom. The number of halogens is 1. The van der Waals surface area contributed by atoms with Crippen LogP contribution in [0.4, 0.5) is 0 Å². The van der Waals surface area contributed by atoms with Crippen LogP contribution in [0.25, 0.3) is 10.9 Å². The molecule has 0 aliphatic heterocycles. The number of pyridine rings is 1. The lowest BCUT2D eigenvalue weighted by atomic mass is 9.94. The molecule has 1 heterocycles. The molecule has 0 bridgehead atoms. The van der Waals surface area contributed by atoms with Gasteiger partial charge in [-0.1, -0.05) is 53.0 Å². The van der Waals surface area contributed by atoms with E-state index in [1.807, 2.05) is 12.3 Å². The second-order valence-corrected chi connectivity index (χ2v) is 6.95. The van der Waals surface area contributed by atoms with Crippen LogP contribution in [0.15, 0.2) is 36.5 Å². The third kappa shape index (κ3) is 2.89. The Bertz CT molecular complexity index is 579. The number of alkyl halides is 1. The van der Waals surface area contributed by atoms with Crippen molar-refractivity contribution in [3.8, 4) is 0 Å². The normalized spacial score (nSPS) is 23.4. The van der Waals surface area contributed by atoms with Gasteiger partial charge in [-0.3, -0.25) is 9.88 Å². The minimum Gasteiger partial charge on any atom is -0.298 e. The van der Waals surface area contributed by atoms with E-state index < -0.39 is 0 Å². The van der Waals surface area contributed by atoms with E-state index in [9.17, 15) is 0 Å². The highest BCUT2D eigenvalue weighted by molar-refractivity contribution is 9.09. The summed E-state index contributed by atoms with van der Waals surface area (Å²) in [6, 6.07) is 11.3. The molecule has 0 radical (unpaired) electrons. The van der Waals surface area contributed by atoms with Crippen molar-refractivity contribution in [1.29, 1.82) is 0 Å². The molecule has 3 rings (SSSR count). The Kier molecular flexibility index (Phi) is 4.37. The molecule has 1 aliphatic carbocycles. The van der Waals surface area contributed by atoms with Crippen molar-refractivity contribution in [2.45, 2.75) is 43.1 Å². The van der Waals surface area contributed by atoms with Crippen LogP contribution < -0.4 is 0 Å². The van der Waals surface area contributed by atoms with Crippen molar-refractivity contribution in [2.75, 3.05) is 7.05 Å². The molecule has 20 heavy (non-hydrogen) atoms. The number of nitrogens with zero attached hydrogens (tertiary/aromatic N) is 2. The molecule has 1 aromatic heterocycles. The van der Waals surface area contributed by atoms with Gasteiger partial charge in [0.05, 0.1) is 5.52 Å². The first-order chi connectivity index (χ1) is 9.75. The summed E-state index contributed by atoms with van der Waals surface area (Å²) in [4.78, 5) is 7.68. The maximum absolute atomic E-state index is 4.56. The Morgan fingerprint density at radius 3 is 2.85 bits per heavy atom. The summed E-state index contributed by atoms with van der Waals surface area (Å²) in [5.41, 5.74) is 2.47. The third-order valence-electron chi connectivity index (χ3n) is 4.35. The van der Waals surface area contributed by atoms with E-state index in [-0.39, 0.29) is 0 Å². The molecule has 0 amide bonds. The topological polar surface area (TPSA) is 16.1 Å². The van der Waals surface area contributed by atoms with Crippen LogP contribution in [0, 0.1) is 0 Å². The number of rotatable bonds is 3. The Morgan fingerprint density at radius 1 is 1.20 bits per heavy atom. The van der Waals surface area contributed by atoms with E-state index in [4.69, 9.17) is 0 Å². The summed E-state index contributed by atoms with van der Waals surface area (Å²) < 4.78 is 0. The number of para-hydroxylation sites is 1. The van der Waals surface area contributed by atoms with Crippen LogP contribution in [0.1, 0.15) is 31.2 Å². The molecule has 0 saturated heterocycles. The summed E-state index contributed by atoms with van der Waals surface area (Å²) in [7, 11) is 2.24. The van der Waals surface area contributed by atoms with Gasteiger partial charge in [-0.05, 0) is 31.5 Å². The van der Waals surface area contributed by atoms with Gasteiger partial charge in [0.15, 0.2) is 0 Å². The van der Waals surface area contributed by atoms with E-state index in [0.29, 0.717) is 10.9 Å². The van der Waals surface area contributed by atoms with Crippen molar-refractivity contribution in [1.82, 2.24) is 9.88 Å². The Balaban J connectivity index is 1.82. The smallest absolute Gasteiger partial charge is 0.0746 e. The molecule has 106 valence electrons. The quantitative estimate of drug-likeness (QED) is 0.775. The van der Waals surface area contributed by atoms with E-state index >= 15 is 0 Å². The predicted molar refractivity (Wildman–Crippen MR) is 88.2 cm³/mol. The molecule has 0 spiro atoms. The van der Waals surface area contributed by atoms with Gasteiger partial charge < -0.3 is 0 Å². The van der Waals surface area contributed by atoms with Gasteiger partial charge in [0, 0.05) is 29.0 Å². The maximum Gasteiger partial charge on any atom is 0.0746 e. The maximum atomic E-state index is 4.56. The average molecular weight is 333 g/mol. The minimum atomic E-state index is 0.629. The lowest BCUT2D eigenvalue weighted by Gasteiger charge is -2.35. The monoisotopic (exact) mass is 332 g/mol. The van der Waals surface area contributed by atoms with Crippen LogP contribution in [-0.4, -0.2) is 27.8 Å². The van der Waals surface area contributed by atoms with Crippen LogP contribution in [0.5, 0.6) is 0 Å². The zero-order chi connectivity index (χ0) is 13.9. The molecule has 1 aromatic carbocycles. The number of benzene rings is 1. The zero-order valence-electron chi connectivity index (χ0n) is 11.9. The summed E-state index contributed by atoms with van der Waals surface area (Å²) in [6.07, 6.45) is 7.19. The van der Waals surface area contributed by atoms with Crippen LogP contribution in [0.3, 0.4) is 0 Å². The van der Waals surface area contributed by atoms with Crippen molar-refractivity contribution >= 4 is 26.8 Å². The molecule has 3 heteroatoms. The van der Waals surface area contributed by atoms with Gasteiger partial charge in [-0.15, -0.1) is 0 Å². The molecule has 2 nitrogen and oxygen atoms in total. The molecular formula is C17H21BrN2. The fraction of sp³-hybridized carbons (Fsp3) is 0.471. The van der Waals surface area contributed by atoms with Crippen LogP contribution in [0.2, 0.25) is 0 Å². The number of hydrogen-bond donors (Lipinski definition) is 0. The molecule has 0 N–H and O–H groups in total. The van der Waals surface area contributed by atoms with Crippen LogP contribution >= 0.6 is 15.9 Å². The van der Waals surface area contributed by atoms with Crippen molar-refractivity contribution in [3.63, 3.8) is 0 Å². The van der Waals surface area contributed by atoms with Gasteiger partial charge in [0.2, 0.25) is 0 Å². The van der Waals surface area contributed by atoms with Gasteiger partial charge in [-0.2, -0.15) is 0 Å². The summed E-state index contributed by atoms with van der Waals surface area (Å²) >= 11 is 3.86. The van der Waals surface area contributed by atoms with Crippen molar-refractivity contribution in [3.05, 3.63) is 42.1 Å². The highest BCUT2D eigenvalue weighted by Gasteiger charge is 2.26. The first-order valence-electron chi connectivity index (χ1n) is 7.42. The van der Waals surface area contributed by atoms with Crippen molar-refractivity contribution in [2.24, 2.45) is 0 Å². The first-order valence-corrected chi connectivity index (χ1v) is 8.34. The highest BCUT2D eigenvalue weighted by Crippen LogP contribution is 2.29. The van der Waals surface area contributed by atoms with E-state index in [1.165, 1.54) is 36.6 Å². The molecule has 2 aromatic rings. The zero-order valence-corrected chi connectivity index (χ0v) is 13.5. The van der Waals surface area contributed by atoms with Crippen molar-refractivity contribution < 1.29 is 0 Å². The van der Waals surface area contributed by atoms with E-state index in [2.05, 4.69) is 57.1 Å². The fourth-order valence-corrected chi connectivity index (χ4v) is 4.24. The Hall–Kier alpha value is -0.930. The van der Waals surface area contributed by atoms with Gasteiger partial charge in [0.1, 0.15) is 0 Å². The molecule has 1 saturated carbocycles. The highest BCUT2D eigenvalue weighted by atomic mass is 79.9. The predicted octanol–water partition coefficient (Wildman–Crippen LogP) is 4.37. The van der Waals surface area contributed by atoms with Gasteiger partial charge in [0.25, 0.3) is 0 Å². The first kappa shape index (κ1) is 14.0. The van der Waals surface area contributed by atoms with E-state index in [0.717, 1.165) is 12.1 Å². The number of aromatic nitrogens is 1. The molecule has 2 atom stereocenters. The molecule has 1 fully saturated rings. The van der Waals surface area contributed by atoms with Crippen LogP contribution in [-0.2, 0) is 6.54 Å². The molecule has 1 aliphatic rings. The van der Waals surface area contributed by atoms with E-state index in [1.54, 1.807) is 0 Å². The summed E-state index contributed by atoms with van der Waals surface area (Å²) in [6.45, 7) is 0.973. The lowest BCUT2D eigenvalue weighted by Crippen LogP contribution is -2.40. The van der Waals surface area contributed by atoms with Gasteiger partial charge >= 0.3 is 0 Å².